The van der Waals surface area contributed by atoms with Gasteiger partial charge in [0.05, 0.1) is 10.5 Å². The molecule has 3 rings (SSSR count). The fraction of sp³-hybridized carbons (Fsp3) is 0.150. The second-order valence-electron chi connectivity index (χ2n) is 6.01. The molecule has 10 heteroatoms. The van der Waals surface area contributed by atoms with Crippen molar-refractivity contribution >= 4 is 51.7 Å². The molecule has 0 aliphatic rings. The van der Waals surface area contributed by atoms with Gasteiger partial charge >= 0.3 is 11.9 Å². The van der Waals surface area contributed by atoms with Crippen molar-refractivity contribution in [2.24, 2.45) is 0 Å². The number of nitrogens with zero attached hydrogens (tertiary/aromatic N) is 1. The van der Waals surface area contributed by atoms with Crippen molar-refractivity contribution in [2.45, 2.75) is 20.3 Å². The third-order valence-electron chi connectivity index (χ3n) is 3.52. The van der Waals surface area contributed by atoms with Crippen molar-refractivity contribution in [1.82, 2.24) is 4.98 Å². The largest absolute Gasteiger partial charge is 0.481 e. The zero-order valence-electron chi connectivity index (χ0n) is 15.9. The molecule has 3 aromatic rings. The lowest BCUT2D eigenvalue weighted by Gasteiger charge is -2.04. The highest BCUT2D eigenvalue weighted by Crippen LogP contribution is 2.27. The van der Waals surface area contributed by atoms with E-state index in [9.17, 15) is 18.4 Å². The van der Waals surface area contributed by atoms with Crippen LogP contribution in [0.2, 0.25) is 10.2 Å². The van der Waals surface area contributed by atoms with Gasteiger partial charge in [-0.05, 0) is 61.4 Å². The highest BCUT2D eigenvalue weighted by molar-refractivity contribution is 6.37. The number of fused-ring (bicyclic) bond motifs is 1. The van der Waals surface area contributed by atoms with E-state index >= 15 is 0 Å². The summed E-state index contributed by atoms with van der Waals surface area (Å²) in [7, 11) is 0. The maximum atomic E-state index is 13.1. The minimum atomic E-state index is -1.31. The molecule has 0 unspecified atom stereocenters. The minimum Gasteiger partial charge on any atom is -0.481 e. The Labute approximate surface area is 180 Å². The molecule has 0 radical (unpaired) electrons. The van der Waals surface area contributed by atoms with Crippen LogP contribution >= 0.6 is 23.2 Å². The van der Waals surface area contributed by atoms with E-state index in [-0.39, 0.29) is 11.6 Å². The summed E-state index contributed by atoms with van der Waals surface area (Å²) in [4.78, 5) is 22.9. The Morgan fingerprint density at radius 2 is 1.53 bits per heavy atom. The zero-order chi connectivity index (χ0) is 23.0. The molecule has 30 heavy (non-hydrogen) atoms. The lowest BCUT2D eigenvalue weighted by Crippen LogP contribution is -2.03. The van der Waals surface area contributed by atoms with Gasteiger partial charge in [-0.2, -0.15) is 0 Å². The van der Waals surface area contributed by atoms with E-state index in [1.165, 1.54) is 30.3 Å². The van der Waals surface area contributed by atoms with Gasteiger partial charge in [0.15, 0.2) is 0 Å². The van der Waals surface area contributed by atoms with Crippen LogP contribution in [0, 0.1) is 25.5 Å². The number of halogens is 4. The number of hydrogen-bond donors (Lipinski definition) is 3. The van der Waals surface area contributed by atoms with E-state index in [2.05, 4.69) is 4.98 Å². The van der Waals surface area contributed by atoms with Gasteiger partial charge in [0, 0.05) is 11.1 Å². The molecule has 4 N–H and O–H groups in total. The number of carboxylic acid groups (broad SMARTS) is 2. The zero-order valence-corrected chi connectivity index (χ0v) is 17.4. The number of benzene rings is 2. The maximum absolute atomic E-state index is 13.1. The molecule has 160 valence electrons. The second kappa shape index (κ2) is 11.3. The van der Waals surface area contributed by atoms with Crippen molar-refractivity contribution in [2.75, 3.05) is 5.73 Å². The van der Waals surface area contributed by atoms with Gasteiger partial charge in [0.2, 0.25) is 0 Å². The number of carboxylic acids is 2. The third kappa shape index (κ3) is 8.18. The molecular weight excluding hydrogens is 441 g/mol. The first-order valence-electron chi connectivity index (χ1n) is 8.27. The van der Waals surface area contributed by atoms with Crippen molar-refractivity contribution in [3.8, 4) is 0 Å². The number of hydrogen-bond acceptors (Lipinski definition) is 4. The third-order valence-corrected chi connectivity index (χ3v) is 4.03. The highest BCUT2D eigenvalue weighted by Gasteiger charge is 2.07. The average molecular weight is 459 g/mol. The van der Waals surface area contributed by atoms with Gasteiger partial charge in [0.25, 0.3) is 0 Å². The van der Waals surface area contributed by atoms with Crippen molar-refractivity contribution in [1.29, 1.82) is 0 Å². The summed E-state index contributed by atoms with van der Waals surface area (Å²) in [5.41, 5.74) is 8.21. The Bertz CT molecular complexity index is 1020. The van der Waals surface area contributed by atoms with Crippen molar-refractivity contribution in [3.63, 3.8) is 0 Å². The van der Waals surface area contributed by atoms with Gasteiger partial charge in [-0.15, -0.1) is 0 Å². The number of rotatable bonds is 2. The standard InChI is InChI=1S/C10H6Cl2FN.C7H8FN.C3H4O4/c1-5-2-6(13)3-7-8(11)4-9(12)14-10(5)7;1-5-4-6(8)2-3-7(5)9;4-2(5)1-3(6)7/h2-4H,1H3;2-4H,9H2,1H3;1H2,(H,4,5)(H,6,7). The molecule has 0 aliphatic carbocycles. The van der Waals surface area contributed by atoms with Gasteiger partial charge in [-0.3, -0.25) is 9.59 Å². The number of aliphatic carboxylic acids is 2. The van der Waals surface area contributed by atoms with E-state index in [1.54, 1.807) is 19.9 Å². The number of pyridine rings is 1. The van der Waals surface area contributed by atoms with E-state index in [0.29, 0.717) is 26.8 Å². The van der Waals surface area contributed by atoms with Crippen LogP contribution < -0.4 is 5.73 Å². The topological polar surface area (TPSA) is 114 Å². The van der Waals surface area contributed by atoms with Gasteiger partial charge in [-0.1, -0.05) is 23.2 Å². The molecule has 0 saturated carbocycles. The summed E-state index contributed by atoms with van der Waals surface area (Å²) in [5.74, 6) is -3.18. The highest BCUT2D eigenvalue weighted by atomic mass is 35.5. The molecule has 0 amide bonds. The fourth-order valence-electron chi connectivity index (χ4n) is 2.16. The molecular formula is C20H18Cl2F2N2O4. The van der Waals surface area contributed by atoms with Gasteiger partial charge in [-0.25, -0.2) is 13.8 Å². The number of nitrogens with two attached hydrogens (primary N) is 1. The van der Waals surface area contributed by atoms with Crippen LogP contribution in [-0.2, 0) is 9.59 Å². The predicted molar refractivity (Wildman–Crippen MR) is 112 cm³/mol. The number of carbonyl (C=O) groups is 2. The van der Waals surface area contributed by atoms with Gasteiger partial charge in [0.1, 0.15) is 23.2 Å². The predicted octanol–water partition coefficient (Wildman–Crippen LogP) is 5.25. The number of aromatic nitrogens is 1. The SMILES string of the molecule is Cc1cc(F)cc2c(Cl)cc(Cl)nc12.Cc1cc(F)ccc1N.O=C(O)CC(=O)O. The minimum absolute atomic E-state index is 0.235. The quantitative estimate of drug-likeness (QED) is 0.274. The molecule has 1 heterocycles. The Hall–Kier alpha value is -2.97. The van der Waals surface area contributed by atoms with Crippen LogP contribution in [0.25, 0.3) is 10.9 Å². The molecule has 2 aromatic carbocycles. The average Bonchev–Trinajstić information content (AvgIpc) is 2.59. The summed E-state index contributed by atoms with van der Waals surface area (Å²) in [5, 5.41) is 16.7. The number of anilines is 1. The van der Waals surface area contributed by atoms with E-state index in [4.69, 9.17) is 39.1 Å². The van der Waals surface area contributed by atoms with E-state index in [1.807, 2.05) is 0 Å². The Balaban J connectivity index is 0.000000244. The summed E-state index contributed by atoms with van der Waals surface area (Å²) < 4.78 is 25.4. The Kier molecular flexibility index (Phi) is 9.42. The first-order chi connectivity index (χ1) is 13.9. The first-order valence-corrected chi connectivity index (χ1v) is 9.03. The monoisotopic (exact) mass is 458 g/mol. The molecule has 6 nitrogen and oxygen atoms in total. The first kappa shape index (κ1) is 25.1. The van der Waals surface area contributed by atoms with Crippen molar-refractivity contribution < 1.29 is 28.6 Å². The fourth-order valence-corrected chi connectivity index (χ4v) is 2.65. The Morgan fingerprint density at radius 1 is 0.967 bits per heavy atom. The molecule has 0 bridgehead atoms. The number of nitrogen functional groups attached to an aromatic ring is 1. The maximum Gasteiger partial charge on any atom is 0.314 e. The number of aryl methyl sites for hydroxylation is 2. The lowest BCUT2D eigenvalue weighted by molar-refractivity contribution is -0.147. The molecule has 0 saturated heterocycles. The van der Waals surface area contributed by atoms with E-state index < -0.39 is 18.4 Å². The molecule has 1 aromatic heterocycles. The van der Waals surface area contributed by atoms with E-state index in [0.717, 1.165) is 11.1 Å². The Morgan fingerprint density at radius 3 is 2.00 bits per heavy atom. The lowest BCUT2D eigenvalue weighted by atomic mass is 10.1. The second-order valence-corrected chi connectivity index (χ2v) is 6.81. The van der Waals surface area contributed by atoms with Crippen LogP contribution in [0.15, 0.2) is 36.4 Å². The molecule has 0 spiro atoms. The summed E-state index contributed by atoms with van der Waals surface area (Å²) >= 11 is 11.7. The molecule has 0 atom stereocenters. The summed E-state index contributed by atoms with van der Waals surface area (Å²) in [6, 6.07) is 8.59. The summed E-state index contributed by atoms with van der Waals surface area (Å²) in [6.45, 7) is 3.55. The van der Waals surface area contributed by atoms with Crippen LogP contribution in [0.3, 0.4) is 0 Å². The van der Waals surface area contributed by atoms with Gasteiger partial charge < -0.3 is 15.9 Å². The van der Waals surface area contributed by atoms with Crippen LogP contribution in [0.5, 0.6) is 0 Å². The molecule has 0 fully saturated rings. The summed E-state index contributed by atoms with van der Waals surface area (Å²) in [6.07, 6.45) is -0.806. The van der Waals surface area contributed by atoms with Crippen LogP contribution in [0.4, 0.5) is 14.5 Å². The van der Waals surface area contributed by atoms with Crippen molar-refractivity contribution in [3.05, 3.63) is 69.3 Å². The smallest absolute Gasteiger partial charge is 0.314 e. The van der Waals surface area contributed by atoms with Crippen LogP contribution in [-0.4, -0.2) is 27.1 Å². The normalized spacial score (nSPS) is 9.80. The van der Waals surface area contributed by atoms with Crippen LogP contribution in [0.1, 0.15) is 17.5 Å². The molecule has 0 aliphatic heterocycles.